The molecular formula is C27H20N2O4. The lowest BCUT2D eigenvalue weighted by Gasteiger charge is -2.31. The Morgan fingerprint density at radius 1 is 0.606 bits per heavy atom. The van der Waals surface area contributed by atoms with Gasteiger partial charge in [0.2, 0.25) is 0 Å². The van der Waals surface area contributed by atoms with Crippen molar-refractivity contribution in [2.45, 2.75) is 5.41 Å². The molecule has 162 valence electrons. The maximum Gasteiger partial charge on any atom is 0.338 e. The molecule has 0 atom stereocenters. The minimum absolute atomic E-state index is 0.0197. The summed E-state index contributed by atoms with van der Waals surface area (Å²) in [5, 5.41) is 0. The predicted octanol–water partition coefficient (Wildman–Crippen LogP) is 4.46. The topological polar surface area (TPSA) is 78.4 Å². The van der Waals surface area contributed by atoms with Crippen molar-refractivity contribution in [3.8, 4) is 11.1 Å². The van der Waals surface area contributed by atoms with E-state index >= 15 is 0 Å². The van der Waals surface area contributed by atoms with Gasteiger partial charge in [-0.2, -0.15) is 0 Å². The number of benzene rings is 2. The second-order valence-corrected chi connectivity index (χ2v) is 7.80. The summed E-state index contributed by atoms with van der Waals surface area (Å²) in [6.45, 7) is 0.0393. The first-order chi connectivity index (χ1) is 16.2. The number of hydrogen-bond donors (Lipinski definition) is 0. The third-order valence-corrected chi connectivity index (χ3v) is 5.91. The number of fused-ring (bicyclic) bond motifs is 3. The van der Waals surface area contributed by atoms with E-state index in [0.29, 0.717) is 11.1 Å². The standard InChI is InChI=1S/C27H20N2O4/c30-25(19-9-13-28-14-10-19)32-17-27(18-33-26(31)20-11-15-29-16-12-20)23-7-3-1-5-21(23)22-6-2-4-8-24(22)27/h1-16H,17-18H2. The van der Waals surface area contributed by atoms with E-state index in [9.17, 15) is 9.59 Å². The molecule has 1 aliphatic rings. The van der Waals surface area contributed by atoms with Gasteiger partial charge >= 0.3 is 11.9 Å². The van der Waals surface area contributed by atoms with Crippen LogP contribution < -0.4 is 0 Å². The summed E-state index contributed by atoms with van der Waals surface area (Å²) in [5.41, 5.74) is 3.97. The van der Waals surface area contributed by atoms with E-state index in [2.05, 4.69) is 9.97 Å². The molecule has 2 aromatic carbocycles. The largest absolute Gasteiger partial charge is 0.461 e. The third kappa shape index (κ3) is 3.76. The van der Waals surface area contributed by atoms with Crippen LogP contribution in [0.1, 0.15) is 31.8 Å². The fraction of sp³-hybridized carbons (Fsp3) is 0.111. The summed E-state index contributed by atoms with van der Waals surface area (Å²) in [6.07, 6.45) is 6.18. The molecule has 0 unspecified atom stereocenters. The summed E-state index contributed by atoms with van der Waals surface area (Å²) >= 11 is 0. The van der Waals surface area contributed by atoms with E-state index in [-0.39, 0.29) is 13.2 Å². The molecule has 1 aliphatic carbocycles. The van der Waals surface area contributed by atoms with Gasteiger partial charge in [0.15, 0.2) is 0 Å². The van der Waals surface area contributed by atoms with Gasteiger partial charge in [-0.3, -0.25) is 9.97 Å². The van der Waals surface area contributed by atoms with Crippen LogP contribution in [0.4, 0.5) is 0 Å². The average Bonchev–Trinajstić information content (AvgIpc) is 3.17. The van der Waals surface area contributed by atoms with Gasteiger partial charge in [0.1, 0.15) is 13.2 Å². The fourth-order valence-corrected chi connectivity index (χ4v) is 4.29. The maximum absolute atomic E-state index is 12.8. The van der Waals surface area contributed by atoms with Gasteiger partial charge in [0.05, 0.1) is 16.5 Å². The Kier molecular flexibility index (Phi) is 5.40. The molecule has 5 rings (SSSR count). The van der Waals surface area contributed by atoms with Crippen LogP contribution in [0.3, 0.4) is 0 Å². The second-order valence-electron chi connectivity index (χ2n) is 7.80. The molecule has 0 amide bonds. The molecule has 0 saturated heterocycles. The first-order valence-electron chi connectivity index (χ1n) is 10.5. The zero-order chi connectivity index (χ0) is 22.7. The lowest BCUT2D eigenvalue weighted by Crippen LogP contribution is -2.38. The highest BCUT2D eigenvalue weighted by Gasteiger charge is 2.45. The minimum Gasteiger partial charge on any atom is -0.461 e. The SMILES string of the molecule is O=C(OCC1(COC(=O)c2ccncc2)c2ccccc2-c2ccccc21)c1ccncc1. The van der Waals surface area contributed by atoms with Crippen LogP contribution in [0.25, 0.3) is 11.1 Å². The molecule has 6 nitrogen and oxygen atoms in total. The summed E-state index contributed by atoms with van der Waals surface area (Å²) in [7, 11) is 0. The van der Waals surface area contributed by atoms with Crippen molar-refractivity contribution in [2.75, 3.05) is 13.2 Å². The van der Waals surface area contributed by atoms with Gasteiger partial charge in [-0.15, -0.1) is 0 Å². The quantitative estimate of drug-likeness (QED) is 0.416. The number of aromatic nitrogens is 2. The van der Waals surface area contributed by atoms with E-state index in [0.717, 1.165) is 22.3 Å². The number of ether oxygens (including phenoxy) is 2. The number of carbonyl (C=O) groups excluding carboxylic acids is 2. The molecule has 0 spiro atoms. The molecule has 33 heavy (non-hydrogen) atoms. The lowest BCUT2D eigenvalue weighted by molar-refractivity contribution is 0.0247. The van der Waals surface area contributed by atoms with Crippen molar-refractivity contribution < 1.29 is 19.1 Å². The monoisotopic (exact) mass is 436 g/mol. The van der Waals surface area contributed by atoms with Gasteiger partial charge in [0.25, 0.3) is 0 Å². The highest BCUT2D eigenvalue weighted by molar-refractivity contribution is 5.90. The molecule has 4 aromatic rings. The third-order valence-electron chi connectivity index (χ3n) is 5.91. The zero-order valence-corrected chi connectivity index (χ0v) is 17.7. The normalized spacial score (nSPS) is 13.0. The molecule has 0 aliphatic heterocycles. The summed E-state index contributed by atoms with van der Waals surface area (Å²) in [4.78, 5) is 33.4. The van der Waals surface area contributed by atoms with Crippen molar-refractivity contribution in [2.24, 2.45) is 0 Å². The molecule has 0 saturated carbocycles. The van der Waals surface area contributed by atoms with E-state index in [1.54, 1.807) is 49.1 Å². The van der Waals surface area contributed by atoms with E-state index < -0.39 is 17.4 Å². The van der Waals surface area contributed by atoms with Gasteiger partial charge in [0, 0.05) is 24.8 Å². The highest BCUT2D eigenvalue weighted by atomic mass is 16.5. The maximum atomic E-state index is 12.8. The highest BCUT2D eigenvalue weighted by Crippen LogP contribution is 2.49. The van der Waals surface area contributed by atoms with Crippen LogP contribution in [0.5, 0.6) is 0 Å². The number of hydrogen-bond acceptors (Lipinski definition) is 6. The molecule has 6 heteroatoms. The number of carbonyl (C=O) groups is 2. The van der Waals surface area contributed by atoms with Crippen LogP contribution in [0, 0.1) is 0 Å². The number of pyridine rings is 2. The molecule has 0 fully saturated rings. The Morgan fingerprint density at radius 2 is 1.00 bits per heavy atom. The summed E-state index contributed by atoms with van der Waals surface area (Å²) in [6, 6.07) is 22.3. The van der Waals surface area contributed by atoms with Crippen molar-refractivity contribution in [1.82, 2.24) is 9.97 Å². The minimum atomic E-state index is -0.835. The molecule has 2 heterocycles. The zero-order valence-electron chi connectivity index (χ0n) is 17.7. The Balaban J connectivity index is 1.51. The Hall–Kier alpha value is -4.32. The predicted molar refractivity (Wildman–Crippen MR) is 122 cm³/mol. The van der Waals surface area contributed by atoms with Gasteiger partial charge < -0.3 is 9.47 Å². The van der Waals surface area contributed by atoms with Gasteiger partial charge in [-0.1, -0.05) is 48.5 Å². The number of rotatable bonds is 6. The Morgan fingerprint density at radius 3 is 1.42 bits per heavy atom. The van der Waals surface area contributed by atoms with E-state index in [4.69, 9.17) is 9.47 Å². The molecule has 0 radical (unpaired) electrons. The fourth-order valence-electron chi connectivity index (χ4n) is 4.29. The van der Waals surface area contributed by atoms with Crippen molar-refractivity contribution in [3.63, 3.8) is 0 Å². The first kappa shape index (κ1) is 20.6. The first-order valence-corrected chi connectivity index (χ1v) is 10.5. The van der Waals surface area contributed by atoms with Gasteiger partial charge in [-0.05, 0) is 46.5 Å². The van der Waals surface area contributed by atoms with Gasteiger partial charge in [-0.25, -0.2) is 9.59 Å². The van der Waals surface area contributed by atoms with E-state index in [1.807, 2.05) is 48.5 Å². The van der Waals surface area contributed by atoms with Crippen LogP contribution in [-0.2, 0) is 14.9 Å². The van der Waals surface area contributed by atoms with Crippen molar-refractivity contribution in [3.05, 3.63) is 120 Å². The van der Waals surface area contributed by atoms with E-state index in [1.165, 1.54) is 0 Å². The molecule has 0 bridgehead atoms. The summed E-state index contributed by atoms with van der Waals surface area (Å²) < 4.78 is 11.6. The average molecular weight is 436 g/mol. The Bertz CT molecular complexity index is 1200. The molecular weight excluding hydrogens is 416 g/mol. The smallest absolute Gasteiger partial charge is 0.338 e. The number of nitrogens with zero attached hydrogens (tertiary/aromatic N) is 2. The Labute approximate surface area is 190 Å². The summed E-state index contributed by atoms with van der Waals surface area (Å²) in [5.74, 6) is -0.918. The second kappa shape index (κ2) is 8.67. The van der Waals surface area contributed by atoms with Crippen LogP contribution in [0.2, 0.25) is 0 Å². The van der Waals surface area contributed by atoms with Crippen molar-refractivity contribution in [1.29, 1.82) is 0 Å². The molecule has 2 aromatic heterocycles. The lowest BCUT2D eigenvalue weighted by atomic mass is 9.79. The molecule has 0 N–H and O–H groups in total. The number of esters is 2. The van der Waals surface area contributed by atoms with Crippen LogP contribution >= 0.6 is 0 Å². The van der Waals surface area contributed by atoms with Crippen LogP contribution in [0.15, 0.2) is 97.6 Å². The van der Waals surface area contributed by atoms with Crippen molar-refractivity contribution >= 4 is 11.9 Å². The van der Waals surface area contributed by atoms with Crippen LogP contribution in [-0.4, -0.2) is 35.1 Å².